The molecule has 21 heavy (non-hydrogen) atoms. The van der Waals surface area contributed by atoms with Crippen molar-refractivity contribution in [3.63, 3.8) is 0 Å². The van der Waals surface area contributed by atoms with Gasteiger partial charge in [-0.25, -0.2) is 0 Å². The summed E-state index contributed by atoms with van der Waals surface area (Å²) >= 11 is 0. The minimum absolute atomic E-state index is 0.441. The number of hydrogen-bond donors (Lipinski definition) is 0. The number of hydrogen-bond acceptors (Lipinski definition) is 1. The van der Waals surface area contributed by atoms with Crippen molar-refractivity contribution in [1.29, 1.82) is 0 Å². The second kappa shape index (κ2) is 5.10. The first kappa shape index (κ1) is 12.2. The fourth-order valence-electron chi connectivity index (χ4n) is 3.14. The van der Waals surface area contributed by atoms with E-state index in [-0.39, 0.29) is 0 Å². The van der Waals surface area contributed by atoms with Crippen LogP contribution in [0, 0.1) is 0 Å². The molecule has 1 nitrogen and oxygen atoms in total. The largest absolute Gasteiger partial charge is 0.353 e. The molecule has 1 aliphatic rings. The van der Waals surface area contributed by atoms with Crippen LogP contribution in [0.5, 0.6) is 0 Å². The molecule has 1 aliphatic heterocycles. The average Bonchev–Trinajstić information content (AvgIpc) is 3.33. The SMILES string of the molecule is c1ccc(C2C(c3ccccc3)N2c2ccccc2)cc1. The van der Waals surface area contributed by atoms with Crippen LogP contribution in [-0.2, 0) is 0 Å². The lowest BCUT2D eigenvalue weighted by Crippen LogP contribution is -1.95. The molecule has 0 aromatic heterocycles. The minimum atomic E-state index is 0.441. The van der Waals surface area contributed by atoms with Gasteiger partial charge in [0.25, 0.3) is 0 Å². The van der Waals surface area contributed by atoms with Gasteiger partial charge in [0.15, 0.2) is 0 Å². The van der Waals surface area contributed by atoms with Crippen molar-refractivity contribution in [2.75, 3.05) is 4.90 Å². The average molecular weight is 271 g/mol. The van der Waals surface area contributed by atoms with E-state index in [1.54, 1.807) is 0 Å². The molecule has 0 amide bonds. The van der Waals surface area contributed by atoms with Gasteiger partial charge in [0.05, 0.1) is 12.1 Å². The van der Waals surface area contributed by atoms with Crippen molar-refractivity contribution >= 4 is 5.69 Å². The van der Waals surface area contributed by atoms with Crippen molar-refractivity contribution in [2.45, 2.75) is 12.1 Å². The van der Waals surface area contributed by atoms with Crippen LogP contribution < -0.4 is 4.90 Å². The molecule has 0 saturated carbocycles. The Morgan fingerprint density at radius 2 is 0.857 bits per heavy atom. The summed E-state index contributed by atoms with van der Waals surface area (Å²) in [6, 6.07) is 33.1. The first-order chi connectivity index (χ1) is 10.4. The molecule has 2 atom stereocenters. The van der Waals surface area contributed by atoms with Gasteiger partial charge in [-0.3, -0.25) is 0 Å². The molecule has 3 aromatic rings. The summed E-state index contributed by atoms with van der Waals surface area (Å²) in [6.07, 6.45) is 0. The van der Waals surface area contributed by atoms with Crippen LogP contribution in [0.3, 0.4) is 0 Å². The third-order valence-electron chi connectivity index (χ3n) is 4.15. The Morgan fingerprint density at radius 1 is 0.476 bits per heavy atom. The molecule has 4 rings (SSSR count). The Labute approximate surface area is 125 Å². The first-order valence-electron chi connectivity index (χ1n) is 7.38. The lowest BCUT2D eigenvalue weighted by molar-refractivity contribution is 1.03. The van der Waals surface area contributed by atoms with Crippen molar-refractivity contribution in [2.24, 2.45) is 0 Å². The molecular formula is C20H17N. The Balaban J connectivity index is 1.74. The molecule has 0 spiro atoms. The highest BCUT2D eigenvalue weighted by atomic mass is 15.4. The fraction of sp³-hybridized carbons (Fsp3) is 0.100. The molecule has 1 saturated heterocycles. The molecule has 2 unspecified atom stereocenters. The van der Waals surface area contributed by atoms with Gasteiger partial charge in [0.2, 0.25) is 0 Å². The number of nitrogens with zero attached hydrogens (tertiary/aromatic N) is 1. The molecule has 1 fully saturated rings. The van der Waals surface area contributed by atoms with Crippen LogP contribution in [0.15, 0.2) is 91.0 Å². The predicted molar refractivity (Wildman–Crippen MR) is 87.3 cm³/mol. The third-order valence-corrected chi connectivity index (χ3v) is 4.15. The molecule has 1 heterocycles. The fourth-order valence-corrected chi connectivity index (χ4v) is 3.14. The molecule has 3 aromatic carbocycles. The maximum Gasteiger partial charge on any atom is 0.0795 e. The Bertz CT molecular complexity index is 597. The van der Waals surface area contributed by atoms with E-state index >= 15 is 0 Å². The van der Waals surface area contributed by atoms with Gasteiger partial charge in [0.1, 0.15) is 0 Å². The molecule has 0 radical (unpaired) electrons. The maximum atomic E-state index is 2.49. The summed E-state index contributed by atoms with van der Waals surface area (Å²) in [6.45, 7) is 0. The van der Waals surface area contributed by atoms with Crippen LogP contribution in [0.1, 0.15) is 23.2 Å². The smallest absolute Gasteiger partial charge is 0.0795 e. The Morgan fingerprint density at radius 3 is 1.29 bits per heavy atom. The predicted octanol–water partition coefficient (Wildman–Crippen LogP) is 4.99. The molecule has 0 bridgehead atoms. The first-order valence-corrected chi connectivity index (χ1v) is 7.38. The second-order valence-corrected chi connectivity index (χ2v) is 5.45. The van der Waals surface area contributed by atoms with Gasteiger partial charge in [-0.1, -0.05) is 78.9 Å². The molecular weight excluding hydrogens is 254 g/mol. The van der Waals surface area contributed by atoms with Crippen molar-refractivity contribution in [3.8, 4) is 0 Å². The third kappa shape index (κ3) is 2.21. The zero-order valence-electron chi connectivity index (χ0n) is 11.8. The van der Waals surface area contributed by atoms with Gasteiger partial charge in [-0.05, 0) is 23.3 Å². The minimum Gasteiger partial charge on any atom is -0.353 e. The van der Waals surface area contributed by atoms with Crippen LogP contribution in [-0.4, -0.2) is 0 Å². The number of rotatable bonds is 3. The Hall–Kier alpha value is -2.54. The van der Waals surface area contributed by atoms with E-state index in [9.17, 15) is 0 Å². The molecule has 0 aliphatic carbocycles. The normalized spacial score (nSPS) is 20.3. The van der Waals surface area contributed by atoms with Gasteiger partial charge in [0, 0.05) is 5.69 Å². The molecule has 102 valence electrons. The topological polar surface area (TPSA) is 3.01 Å². The summed E-state index contributed by atoms with van der Waals surface area (Å²) in [5.41, 5.74) is 4.06. The van der Waals surface area contributed by atoms with Gasteiger partial charge in [-0.2, -0.15) is 0 Å². The highest BCUT2D eigenvalue weighted by Gasteiger charge is 2.49. The van der Waals surface area contributed by atoms with E-state index in [1.165, 1.54) is 16.8 Å². The van der Waals surface area contributed by atoms with E-state index in [0.717, 1.165) is 0 Å². The monoisotopic (exact) mass is 271 g/mol. The lowest BCUT2D eigenvalue weighted by Gasteiger charge is -2.06. The molecule has 1 heteroatoms. The quantitative estimate of drug-likeness (QED) is 0.606. The molecule has 0 N–H and O–H groups in total. The van der Waals surface area contributed by atoms with Crippen molar-refractivity contribution < 1.29 is 0 Å². The summed E-state index contributed by atoms with van der Waals surface area (Å²) in [5.74, 6) is 0. The zero-order chi connectivity index (χ0) is 14.1. The Kier molecular flexibility index (Phi) is 2.97. The van der Waals surface area contributed by atoms with Crippen LogP contribution in [0.2, 0.25) is 0 Å². The number of anilines is 1. The van der Waals surface area contributed by atoms with Gasteiger partial charge < -0.3 is 4.90 Å². The highest BCUT2D eigenvalue weighted by Crippen LogP contribution is 2.56. The lowest BCUT2D eigenvalue weighted by atomic mass is 10.0. The second-order valence-electron chi connectivity index (χ2n) is 5.45. The van der Waals surface area contributed by atoms with Crippen molar-refractivity contribution in [3.05, 3.63) is 102 Å². The van der Waals surface area contributed by atoms with Gasteiger partial charge >= 0.3 is 0 Å². The summed E-state index contributed by atoms with van der Waals surface area (Å²) in [4.78, 5) is 2.49. The summed E-state index contributed by atoms with van der Waals surface area (Å²) < 4.78 is 0. The summed E-state index contributed by atoms with van der Waals surface area (Å²) in [7, 11) is 0. The van der Waals surface area contributed by atoms with Crippen molar-refractivity contribution in [1.82, 2.24) is 0 Å². The van der Waals surface area contributed by atoms with E-state index in [2.05, 4.69) is 95.9 Å². The van der Waals surface area contributed by atoms with Crippen LogP contribution in [0.25, 0.3) is 0 Å². The highest BCUT2D eigenvalue weighted by molar-refractivity contribution is 5.61. The maximum absolute atomic E-state index is 2.49. The van der Waals surface area contributed by atoms with Gasteiger partial charge in [-0.15, -0.1) is 0 Å². The van der Waals surface area contributed by atoms with E-state index in [1.807, 2.05) is 0 Å². The standard InChI is InChI=1S/C20H17N/c1-4-10-16(11-5-1)19-20(17-12-6-2-7-13-17)21(19)18-14-8-3-9-15-18/h1-15,19-20H. The van der Waals surface area contributed by atoms with Crippen LogP contribution in [0.4, 0.5) is 5.69 Å². The zero-order valence-corrected chi connectivity index (χ0v) is 11.8. The van der Waals surface area contributed by atoms with E-state index in [4.69, 9.17) is 0 Å². The van der Waals surface area contributed by atoms with E-state index < -0.39 is 0 Å². The van der Waals surface area contributed by atoms with E-state index in [0.29, 0.717) is 12.1 Å². The van der Waals surface area contributed by atoms with Crippen LogP contribution >= 0.6 is 0 Å². The summed E-state index contributed by atoms with van der Waals surface area (Å²) in [5, 5.41) is 0. The number of benzene rings is 3. The number of para-hydroxylation sites is 1.